The zero-order valence-corrected chi connectivity index (χ0v) is 13.5. The van der Waals surface area contributed by atoms with Crippen molar-refractivity contribution in [2.24, 2.45) is 0 Å². The molecule has 0 spiro atoms. The molecule has 0 radical (unpaired) electrons. The van der Waals surface area contributed by atoms with Crippen molar-refractivity contribution in [3.63, 3.8) is 0 Å². The molecule has 0 bridgehead atoms. The molecule has 1 saturated heterocycles. The van der Waals surface area contributed by atoms with Gasteiger partial charge in [0.05, 0.1) is 31.3 Å². The summed E-state index contributed by atoms with van der Waals surface area (Å²) in [6.07, 6.45) is 2.59. The summed E-state index contributed by atoms with van der Waals surface area (Å²) in [5.41, 5.74) is 0.542. The number of aromatic nitrogens is 2. The van der Waals surface area contributed by atoms with Crippen LogP contribution in [-0.2, 0) is 9.53 Å². The van der Waals surface area contributed by atoms with Gasteiger partial charge < -0.3 is 19.7 Å². The Hall–Kier alpha value is -2.67. The highest BCUT2D eigenvalue weighted by Crippen LogP contribution is 2.14. The third-order valence-electron chi connectivity index (χ3n) is 3.62. The molecule has 1 fully saturated rings. The number of anilines is 2. The fourth-order valence-corrected chi connectivity index (χ4v) is 2.31. The lowest BCUT2D eigenvalue weighted by molar-refractivity contribution is -0.122. The topological polar surface area (TPSA) is 76.6 Å². The monoisotopic (exact) mass is 328 g/mol. The Morgan fingerprint density at radius 3 is 2.54 bits per heavy atom. The SMILES string of the molecule is C[C@H](Oc1ccccc1)C(=O)Nc1cnc(N2CCOCC2)nc1. The maximum atomic E-state index is 12.2. The largest absolute Gasteiger partial charge is 0.481 e. The van der Waals surface area contributed by atoms with Crippen LogP contribution in [0.1, 0.15) is 6.92 Å². The van der Waals surface area contributed by atoms with Gasteiger partial charge in [-0.2, -0.15) is 0 Å². The van der Waals surface area contributed by atoms with Crippen LogP contribution < -0.4 is 15.0 Å². The van der Waals surface area contributed by atoms with E-state index >= 15 is 0 Å². The Morgan fingerprint density at radius 1 is 1.21 bits per heavy atom. The Bertz CT molecular complexity index is 657. The molecule has 2 heterocycles. The van der Waals surface area contributed by atoms with Gasteiger partial charge in [-0.05, 0) is 19.1 Å². The number of nitrogens with zero attached hydrogens (tertiary/aromatic N) is 3. The molecule has 3 rings (SSSR count). The molecule has 1 aromatic heterocycles. The number of rotatable bonds is 5. The van der Waals surface area contributed by atoms with Crippen LogP contribution in [-0.4, -0.2) is 48.3 Å². The summed E-state index contributed by atoms with van der Waals surface area (Å²) in [4.78, 5) is 22.8. The van der Waals surface area contributed by atoms with Crippen LogP contribution >= 0.6 is 0 Å². The van der Waals surface area contributed by atoms with E-state index in [9.17, 15) is 4.79 Å². The maximum absolute atomic E-state index is 12.2. The number of ether oxygens (including phenoxy) is 2. The van der Waals surface area contributed by atoms with Crippen molar-refractivity contribution in [3.05, 3.63) is 42.7 Å². The predicted octanol–water partition coefficient (Wildman–Crippen LogP) is 1.72. The standard InChI is InChI=1S/C17H20N4O3/c1-13(24-15-5-3-2-4-6-15)16(22)20-14-11-18-17(19-12-14)21-7-9-23-10-8-21/h2-6,11-13H,7-10H2,1H3,(H,20,22)/t13-/m0/s1. The number of hydrogen-bond acceptors (Lipinski definition) is 6. The van der Waals surface area contributed by atoms with Gasteiger partial charge >= 0.3 is 0 Å². The third kappa shape index (κ3) is 4.20. The molecule has 126 valence electrons. The molecule has 1 atom stereocenters. The second-order valence-electron chi connectivity index (χ2n) is 5.43. The molecule has 1 amide bonds. The van der Waals surface area contributed by atoms with Crippen LogP contribution in [0.4, 0.5) is 11.6 Å². The average Bonchev–Trinajstić information content (AvgIpc) is 2.64. The first-order chi connectivity index (χ1) is 11.7. The Labute approximate surface area is 140 Å². The van der Waals surface area contributed by atoms with Crippen LogP contribution in [0.25, 0.3) is 0 Å². The highest BCUT2D eigenvalue weighted by atomic mass is 16.5. The number of para-hydroxylation sites is 1. The van der Waals surface area contributed by atoms with E-state index in [1.54, 1.807) is 19.3 Å². The van der Waals surface area contributed by atoms with Crippen LogP contribution in [0, 0.1) is 0 Å². The minimum Gasteiger partial charge on any atom is -0.481 e. The van der Waals surface area contributed by atoms with Crippen molar-refractivity contribution >= 4 is 17.5 Å². The van der Waals surface area contributed by atoms with E-state index < -0.39 is 6.10 Å². The molecule has 7 heteroatoms. The molecule has 1 aliphatic heterocycles. The fraction of sp³-hybridized carbons (Fsp3) is 0.353. The van der Waals surface area contributed by atoms with Gasteiger partial charge in [0.1, 0.15) is 5.75 Å². The minimum absolute atomic E-state index is 0.249. The van der Waals surface area contributed by atoms with Gasteiger partial charge in [-0.3, -0.25) is 4.79 Å². The van der Waals surface area contributed by atoms with Crippen LogP contribution in [0.3, 0.4) is 0 Å². The van der Waals surface area contributed by atoms with Gasteiger partial charge in [-0.1, -0.05) is 18.2 Å². The van der Waals surface area contributed by atoms with Gasteiger partial charge in [0.25, 0.3) is 5.91 Å². The zero-order chi connectivity index (χ0) is 16.8. The van der Waals surface area contributed by atoms with Crippen molar-refractivity contribution in [1.29, 1.82) is 0 Å². The van der Waals surface area contributed by atoms with Crippen molar-refractivity contribution in [2.75, 3.05) is 36.5 Å². The lowest BCUT2D eigenvalue weighted by Gasteiger charge is -2.26. The second-order valence-corrected chi connectivity index (χ2v) is 5.43. The summed E-state index contributed by atoms with van der Waals surface area (Å²) in [7, 11) is 0. The molecule has 0 aliphatic carbocycles. The van der Waals surface area contributed by atoms with Gasteiger partial charge in [0, 0.05) is 13.1 Å². The number of carbonyl (C=O) groups excluding carboxylic acids is 1. The first kappa shape index (κ1) is 16.2. The van der Waals surface area contributed by atoms with E-state index in [0.717, 1.165) is 13.1 Å². The number of hydrogen-bond donors (Lipinski definition) is 1. The normalized spacial score (nSPS) is 15.6. The van der Waals surface area contributed by atoms with Gasteiger partial charge in [0.2, 0.25) is 5.95 Å². The molecule has 2 aromatic rings. The Morgan fingerprint density at radius 2 is 1.88 bits per heavy atom. The second kappa shape index (κ2) is 7.74. The summed E-state index contributed by atoms with van der Waals surface area (Å²) in [6.45, 7) is 4.60. The van der Waals surface area contributed by atoms with Crippen molar-refractivity contribution in [3.8, 4) is 5.75 Å². The molecule has 0 unspecified atom stereocenters. The minimum atomic E-state index is -0.619. The van der Waals surface area contributed by atoms with Crippen molar-refractivity contribution in [2.45, 2.75) is 13.0 Å². The number of benzene rings is 1. The molecular weight excluding hydrogens is 308 g/mol. The van der Waals surface area contributed by atoms with Gasteiger partial charge in [-0.25, -0.2) is 9.97 Å². The molecule has 0 saturated carbocycles. The summed E-state index contributed by atoms with van der Waals surface area (Å²) in [5.74, 6) is 1.05. The van der Waals surface area contributed by atoms with E-state index in [1.807, 2.05) is 30.3 Å². The highest BCUT2D eigenvalue weighted by Gasteiger charge is 2.16. The van der Waals surface area contributed by atoms with E-state index in [-0.39, 0.29) is 5.91 Å². The third-order valence-corrected chi connectivity index (χ3v) is 3.62. The molecular formula is C17H20N4O3. The van der Waals surface area contributed by atoms with Crippen molar-refractivity contribution in [1.82, 2.24) is 9.97 Å². The summed E-state index contributed by atoms with van der Waals surface area (Å²) in [5, 5.41) is 2.76. The number of carbonyl (C=O) groups is 1. The van der Waals surface area contributed by atoms with Gasteiger partial charge in [0.15, 0.2) is 6.10 Å². The highest BCUT2D eigenvalue weighted by molar-refractivity contribution is 5.93. The number of nitrogens with one attached hydrogen (secondary N) is 1. The Kier molecular flexibility index (Phi) is 5.22. The van der Waals surface area contributed by atoms with Crippen LogP contribution in [0.15, 0.2) is 42.7 Å². The van der Waals surface area contributed by atoms with Gasteiger partial charge in [-0.15, -0.1) is 0 Å². The molecule has 1 aromatic carbocycles. The van der Waals surface area contributed by atoms with Crippen LogP contribution in [0.2, 0.25) is 0 Å². The van der Waals surface area contributed by atoms with E-state index in [0.29, 0.717) is 30.6 Å². The molecule has 1 aliphatic rings. The van der Waals surface area contributed by atoms with Crippen molar-refractivity contribution < 1.29 is 14.3 Å². The smallest absolute Gasteiger partial charge is 0.265 e. The molecule has 1 N–H and O–H groups in total. The summed E-state index contributed by atoms with van der Waals surface area (Å²) < 4.78 is 10.9. The predicted molar refractivity (Wildman–Crippen MR) is 90.2 cm³/mol. The zero-order valence-electron chi connectivity index (χ0n) is 13.5. The molecule has 7 nitrogen and oxygen atoms in total. The summed E-state index contributed by atoms with van der Waals surface area (Å²) in [6, 6.07) is 9.23. The number of morpholine rings is 1. The first-order valence-corrected chi connectivity index (χ1v) is 7.90. The lowest BCUT2D eigenvalue weighted by atomic mass is 10.3. The van der Waals surface area contributed by atoms with Crippen LogP contribution in [0.5, 0.6) is 5.75 Å². The fourth-order valence-electron chi connectivity index (χ4n) is 2.31. The number of amides is 1. The average molecular weight is 328 g/mol. The summed E-state index contributed by atoms with van der Waals surface area (Å²) >= 11 is 0. The maximum Gasteiger partial charge on any atom is 0.265 e. The van der Waals surface area contributed by atoms with E-state index in [2.05, 4.69) is 20.2 Å². The van der Waals surface area contributed by atoms with E-state index in [1.165, 1.54) is 0 Å². The quantitative estimate of drug-likeness (QED) is 0.900. The lowest BCUT2D eigenvalue weighted by Crippen LogP contribution is -2.37. The Balaban J connectivity index is 1.55. The van der Waals surface area contributed by atoms with E-state index in [4.69, 9.17) is 9.47 Å². The molecule has 24 heavy (non-hydrogen) atoms. The first-order valence-electron chi connectivity index (χ1n) is 7.90.